The summed E-state index contributed by atoms with van der Waals surface area (Å²) in [4.78, 5) is 13.5. The highest BCUT2D eigenvalue weighted by Gasteiger charge is 2.32. The highest BCUT2D eigenvalue weighted by atomic mass is 79.9. The van der Waals surface area contributed by atoms with Gasteiger partial charge in [0.1, 0.15) is 5.75 Å². The number of amides is 1. The van der Waals surface area contributed by atoms with Crippen LogP contribution in [0.2, 0.25) is 0 Å². The number of halogens is 1. The Labute approximate surface area is 204 Å². The van der Waals surface area contributed by atoms with Crippen LogP contribution in [-0.2, 0) is 20.2 Å². The van der Waals surface area contributed by atoms with E-state index in [2.05, 4.69) is 15.9 Å². The average molecular weight is 530 g/mol. The number of carbonyl (C=O) groups is 1. The van der Waals surface area contributed by atoms with Gasteiger partial charge in [-0.3, -0.25) is 4.79 Å². The van der Waals surface area contributed by atoms with Crippen LogP contribution in [0.15, 0.2) is 76.1 Å². The first kappa shape index (κ1) is 25.0. The predicted octanol–water partition coefficient (Wildman–Crippen LogP) is 6.16. The Morgan fingerprint density at radius 2 is 1.64 bits per heavy atom. The summed E-state index contributed by atoms with van der Waals surface area (Å²) >= 11 is 3.48. The largest absolute Gasteiger partial charge is 0.483 e. The predicted molar refractivity (Wildman–Crippen MR) is 135 cm³/mol. The number of ether oxygens (including phenoxy) is 1. The second-order valence-electron chi connectivity index (χ2n) is 8.95. The molecule has 3 rings (SSSR count). The summed E-state index contributed by atoms with van der Waals surface area (Å²) in [5, 5.41) is 0. The molecule has 1 amide bonds. The molecular formula is C26H28BrNO4S. The fourth-order valence-corrected chi connectivity index (χ4v) is 5.30. The van der Waals surface area contributed by atoms with E-state index in [9.17, 15) is 13.2 Å². The van der Waals surface area contributed by atoms with Gasteiger partial charge in [0, 0.05) is 10.0 Å². The summed E-state index contributed by atoms with van der Waals surface area (Å²) in [7, 11) is -4.15. The van der Waals surface area contributed by atoms with E-state index in [1.807, 2.05) is 45.9 Å². The number of aryl methyl sites for hydroxylation is 2. The van der Waals surface area contributed by atoms with E-state index < -0.39 is 22.5 Å². The van der Waals surface area contributed by atoms with E-state index in [1.54, 1.807) is 43.3 Å². The maximum absolute atomic E-state index is 13.6. The summed E-state index contributed by atoms with van der Waals surface area (Å²) in [6, 6.07) is 18.9. The zero-order chi connectivity index (χ0) is 24.4. The minimum Gasteiger partial charge on any atom is -0.483 e. The standard InChI is InChI=1S/C26H28BrNO4S/c1-18-11-12-19(2)23(15-18)28(33(30,31)21-9-7-6-8-10-21)25(29)17-32-24-14-13-20(27)16-22(24)26(3,4)5/h6-16H,17H2,1-5H3. The highest BCUT2D eigenvalue weighted by molar-refractivity contribution is 9.10. The van der Waals surface area contributed by atoms with Crippen molar-refractivity contribution in [1.82, 2.24) is 0 Å². The average Bonchev–Trinajstić information content (AvgIpc) is 2.75. The summed E-state index contributed by atoms with van der Waals surface area (Å²) < 4.78 is 34.8. The van der Waals surface area contributed by atoms with Crippen LogP contribution in [-0.4, -0.2) is 20.9 Å². The summed E-state index contributed by atoms with van der Waals surface area (Å²) in [6.07, 6.45) is 0. The van der Waals surface area contributed by atoms with Crippen LogP contribution >= 0.6 is 15.9 Å². The molecule has 0 aliphatic heterocycles. The molecular weight excluding hydrogens is 502 g/mol. The van der Waals surface area contributed by atoms with Gasteiger partial charge in [0.25, 0.3) is 15.9 Å². The zero-order valence-electron chi connectivity index (χ0n) is 19.4. The monoisotopic (exact) mass is 529 g/mol. The SMILES string of the molecule is Cc1ccc(C)c(N(C(=O)COc2ccc(Br)cc2C(C)(C)C)S(=O)(=O)c2ccccc2)c1. The molecule has 0 heterocycles. The summed E-state index contributed by atoms with van der Waals surface area (Å²) in [6.45, 7) is 9.35. The summed E-state index contributed by atoms with van der Waals surface area (Å²) in [5.74, 6) is -0.132. The van der Waals surface area contributed by atoms with Crippen LogP contribution < -0.4 is 9.04 Å². The van der Waals surface area contributed by atoms with Gasteiger partial charge in [0.15, 0.2) is 6.61 Å². The van der Waals surface area contributed by atoms with Crippen LogP contribution in [0.25, 0.3) is 0 Å². The van der Waals surface area contributed by atoms with E-state index in [1.165, 1.54) is 12.1 Å². The topological polar surface area (TPSA) is 63.7 Å². The molecule has 0 radical (unpaired) electrons. The van der Waals surface area contributed by atoms with Gasteiger partial charge < -0.3 is 4.74 Å². The fraction of sp³-hybridized carbons (Fsp3) is 0.269. The number of carbonyl (C=O) groups excluding carboxylic acids is 1. The smallest absolute Gasteiger partial charge is 0.278 e. The van der Waals surface area contributed by atoms with Gasteiger partial charge in [0.05, 0.1) is 10.6 Å². The second-order valence-corrected chi connectivity index (χ2v) is 11.6. The number of hydrogen-bond donors (Lipinski definition) is 0. The van der Waals surface area contributed by atoms with Crippen molar-refractivity contribution in [1.29, 1.82) is 0 Å². The van der Waals surface area contributed by atoms with Gasteiger partial charge in [0.2, 0.25) is 0 Å². The Balaban J connectivity index is 2.03. The van der Waals surface area contributed by atoms with E-state index in [4.69, 9.17) is 4.74 Å². The molecule has 33 heavy (non-hydrogen) atoms. The molecule has 0 saturated heterocycles. The van der Waals surface area contributed by atoms with E-state index in [0.717, 1.165) is 19.9 Å². The maximum Gasteiger partial charge on any atom is 0.278 e. The van der Waals surface area contributed by atoms with Gasteiger partial charge in [-0.1, -0.05) is 67.0 Å². The molecule has 0 atom stereocenters. The molecule has 0 spiro atoms. The molecule has 5 nitrogen and oxygen atoms in total. The van der Waals surface area contributed by atoms with Crippen LogP contribution in [0.3, 0.4) is 0 Å². The third kappa shape index (κ3) is 5.65. The fourth-order valence-electron chi connectivity index (χ4n) is 3.45. The van der Waals surface area contributed by atoms with Crippen molar-refractivity contribution in [3.05, 3.63) is 87.9 Å². The van der Waals surface area contributed by atoms with Crippen molar-refractivity contribution in [2.24, 2.45) is 0 Å². The lowest BCUT2D eigenvalue weighted by molar-refractivity contribution is -0.119. The second kappa shape index (κ2) is 9.69. The quantitative estimate of drug-likeness (QED) is 0.383. The lowest BCUT2D eigenvalue weighted by Crippen LogP contribution is -2.40. The zero-order valence-corrected chi connectivity index (χ0v) is 21.8. The molecule has 0 saturated carbocycles. The molecule has 3 aromatic carbocycles. The molecule has 0 fully saturated rings. The number of rotatable bonds is 6. The molecule has 0 aliphatic rings. The van der Waals surface area contributed by atoms with Crippen molar-refractivity contribution < 1.29 is 17.9 Å². The number of hydrogen-bond acceptors (Lipinski definition) is 4. The Morgan fingerprint density at radius 1 is 0.970 bits per heavy atom. The minimum atomic E-state index is -4.15. The lowest BCUT2D eigenvalue weighted by Gasteiger charge is -2.26. The first-order valence-corrected chi connectivity index (χ1v) is 12.8. The third-order valence-corrected chi connectivity index (χ3v) is 7.43. The number of benzene rings is 3. The Morgan fingerprint density at radius 3 is 2.27 bits per heavy atom. The molecule has 7 heteroatoms. The van der Waals surface area contributed by atoms with Gasteiger partial charge in [-0.15, -0.1) is 0 Å². The van der Waals surface area contributed by atoms with Crippen molar-refractivity contribution in [2.45, 2.75) is 44.9 Å². The van der Waals surface area contributed by atoms with Crippen molar-refractivity contribution in [3.8, 4) is 5.75 Å². The third-order valence-electron chi connectivity index (χ3n) is 5.19. The normalized spacial score (nSPS) is 11.8. The highest BCUT2D eigenvalue weighted by Crippen LogP contribution is 2.34. The Hall–Kier alpha value is -2.64. The van der Waals surface area contributed by atoms with Crippen LogP contribution in [0.1, 0.15) is 37.5 Å². The maximum atomic E-state index is 13.6. The Kier molecular flexibility index (Phi) is 7.34. The molecule has 0 aromatic heterocycles. The molecule has 0 bridgehead atoms. The van der Waals surface area contributed by atoms with Crippen LogP contribution in [0, 0.1) is 13.8 Å². The number of sulfonamides is 1. The first-order chi connectivity index (χ1) is 15.4. The van der Waals surface area contributed by atoms with Crippen molar-refractivity contribution >= 4 is 37.5 Å². The van der Waals surface area contributed by atoms with E-state index in [0.29, 0.717) is 17.0 Å². The molecule has 0 unspecified atom stereocenters. The Bertz CT molecular complexity index is 1270. The van der Waals surface area contributed by atoms with Gasteiger partial charge in [-0.25, -0.2) is 8.42 Å². The van der Waals surface area contributed by atoms with Crippen molar-refractivity contribution in [2.75, 3.05) is 10.9 Å². The first-order valence-electron chi connectivity index (χ1n) is 10.5. The molecule has 3 aromatic rings. The van der Waals surface area contributed by atoms with E-state index >= 15 is 0 Å². The minimum absolute atomic E-state index is 0.0401. The summed E-state index contributed by atoms with van der Waals surface area (Å²) in [5.41, 5.74) is 2.52. The number of anilines is 1. The van der Waals surface area contributed by atoms with E-state index in [-0.39, 0.29) is 10.3 Å². The van der Waals surface area contributed by atoms with Gasteiger partial charge in [-0.05, 0) is 66.8 Å². The van der Waals surface area contributed by atoms with Crippen LogP contribution in [0.4, 0.5) is 5.69 Å². The number of nitrogens with zero attached hydrogens (tertiary/aromatic N) is 1. The van der Waals surface area contributed by atoms with Gasteiger partial charge >= 0.3 is 0 Å². The van der Waals surface area contributed by atoms with Gasteiger partial charge in [-0.2, -0.15) is 4.31 Å². The molecule has 0 N–H and O–H groups in total. The molecule has 0 aliphatic carbocycles. The van der Waals surface area contributed by atoms with Crippen molar-refractivity contribution in [3.63, 3.8) is 0 Å². The lowest BCUT2D eigenvalue weighted by atomic mass is 9.86. The molecule has 174 valence electrons. The van der Waals surface area contributed by atoms with Crippen LogP contribution in [0.5, 0.6) is 5.75 Å².